The van der Waals surface area contributed by atoms with Crippen LogP contribution < -0.4 is 9.47 Å². The number of nitrogens with zero attached hydrogens (tertiary/aromatic N) is 1. The van der Waals surface area contributed by atoms with Crippen LogP contribution >= 0.6 is 0 Å². The standard InChI is InChI=1S/C26H33NO6/c1-3-31-24(25(28)29)17-20-10-12-22(13-11-20)32-15-14-27(18-21-7-5-8-21)26(30)33-23-9-4-6-19(2)16-23/h4,6,9-13,16,21,24H,3,5,7-8,14-15,17-18H2,1-2H3,(H,28,29). The third-order valence-electron chi connectivity index (χ3n) is 5.77. The Morgan fingerprint density at radius 2 is 1.88 bits per heavy atom. The maximum absolute atomic E-state index is 12.8. The summed E-state index contributed by atoms with van der Waals surface area (Å²) in [5.74, 6) is 0.752. The molecule has 0 bridgehead atoms. The predicted molar refractivity (Wildman–Crippen MR) is 125 cm³/mol. The first kappa shape index (κ1) is 24.6. The number of carbonyl (C=O) groups excluding carboxylic acids is 1. The van der Waals surface area contributed by atoms with E-state index in [4.69, 9.17) is 14.2 Å². The maximum atomic E-state index is 12.8. The van der Waals surface area contributed by atoms with Crippen LogP contribution in [0.1, 0.15) is 37.3 Å². The van der Waals surface area contributed by atoms with Crippen molar-refractivity contribution in [1.82, 2.24) is 4.90 Å². The van der Waals surface area contributed by atoms with Gasteiger partial charge in [-0.2, -0.15) is 0 Å². The summed E-state index contributed by atoms with van der Waals surface area (Å²) in [5, 5.41) is 9.23. The van der Waals surface area contributed by atoms with Crippen molar-refractivity contribution in [2.45, 2.75) is 45.6 Å². The minimum absolute atomic E-state index is 0.295. The number of aryl methyl sites for hydroxylation is 1. The summed E-state index contributed by atoms with van der Waals surface area (Å²) in [7, 11) is 0. The van der Waals surface area contributed by atoms with Crippen LogP contribution in [0, 0.1) is 12.8 Å². The van der Waals surface area contributed by atoms with Crippen LogP contribution in [0.5, 0.6) is 11.5 Å². The summed E-state index contributed by atoms with van der Waals surface area (Å²) in [5.41, 5.74) is 1.89. The lowest BCUT2D eigenvalue weighted by Gasteiger charge is -2.31. The average molecular weight is 456 g/mol. The molecule has 1 aliphatic carbocycles. The van der Waals surface area contributed by atoms with Gasteiger partial charge in [-0.3, -0.25) is 0 Å². The number of aliphatic carboxylic acids is 1. The molecule has 7 heteroatoms. The van der Waals surface area contributed by atoms with Gasteiger partial charge in [0.25, 0.3) is 0 Å². The van der Waals surface area contributed by atoms with Crippen molar-refractivity contribution >= 4 is 12.1 Å². The Hall–Kier alpha value is -3.06. The molecular weight excluding hydrogens is 422 g/mol. The minimum Gasteiger partial charge on any atom is -0.492 e. The van der Waals surface area contributed by atoms with E-state index in [1.807, 2.05) is 49.4 Å². The smallest absolute Gasteiger partial charge is 0.415 e. The van der Waals surface area contributed by atoms with Gasteiger partial charge < -0.3 is 24.2 Å². The van der Waals surface area contributed by atoms with Crippen molar-refractivity contribution < 1.29 is 28.9 Å². The fraction of sp³-hybridized carbons (Fsp3) is 0.462. The quantitative estimate of drug-likeness (QED) is 0.499. The number of amides is 1. The molecule has 1 aliphatic rings. The van der Waals surface area contributed by atoms with Crippen molar-refractivity contribution in [3.63, 3.8) is 0 Å². The average Bonchev–Trinajstić information content (AvgIpc) is 2.75. The second kappa shape index (κ2) is 12.3. The van der Waals surface area contributed by atoms with Crippen LogP contribution in [0.4, 0.5) is 4.79 Å². The highest BCUT2D eigenvalue weighted by molar-refractivity contribution is 5.72. The fourth-order valence-corrected chi connectivity index (χ4v) is 3.72. The molecule has 33 heavy (non-hydrogen) atoms. The van der Waals surface area contributed by atoms with Crippen LogP contribution in [0.15, 0.2) is 48.5 Å². The third kappa shape index (κ3) is 7.79. The molecule has 178 valence electrons. The number of carboxylic acid groups (broad SMARTS) is 1. The van der Waals surface area contributed by atoms with Crippen LogP contribution in [0.25, 0.3) is 0 Å². The van der Waals surface area contributed by atoms with E-state index < -0.39 is 12.1 Å². The molecule has 2 aromatic rings. The van der Waals surface area contributed by atoms with E-state index in [-0.39, 0.29) is 6.09 Å². The second-order valence-electron chi connectivity index (χ2n) is 8.41. The van der Waals surface area contributed by atoms with Gasteiger partial charge in [-0.15, -0.1) is 0 Å². The van der Waals surface area contributed by atoms with Crippen LogP contribution in [0.2, 0.25) is 0 Å². The van der Waals surface area contributed by atoms with Gasteiger partial charge in [0.1, 0.15) is 18.1 Å². The van der Waals surface area contributed by atoms with E-state index >= 15 is 0 Å². The number of benzene rings is 2. The van der Waals surface area contributed by atoms with E-state index in [1.54, 1.807) is 17.9 Å². The molecule has 0 heterocycles. The molecule has 0 spiro atoms. The molecule has 0 radical (unpaired) electrons. The zero-order valence-electron chi connectivity index (χ0n) is 19.4. The molecule has 3 rings (SSSR count). The lowest BCUT2D eigenvalue weighted by atomic mass is 9.85. The zero-order chi connectivity index (χ0) is 23.6. The van der Waals surface area contributed by atoms with Gasteiger partial charge in [0, 0.05) is 19.6 Å². The molecule has 1 saturated carbocycles. The van der Waals surface area contributed by atoms with Crippen LogP contribution in [-0.4, -0.2) is 54.5 Å². The molecule has 7 nitrogen and oxygen atoms in total. The molecule has 1 atom stereocenters. The number of ether oxygens (including phenoxy) is 3. The Bertz CT molecular complexity index is 909. The number of rotatable bonds is 12. The van der Waals surface area contributed by atoms with Gasteiger partial charge in [-0.1, -0.05) is 30.7 Å². The Morgan fingerprint density at radius 3 is 2.48 bits per heavy atom. The lowest BCUT2D eigenvalue weighted by molar-refractivity contribution is -0.149. The summed E-state index contributed by atoms with van der Waals surface area (Å²) in [6.07, 6.45) is 2.55. The van der Waals surface area contributed by atoms with Gasteiger partial charge in [-0.05, 0) is 68.0 Å². The summed E-state index contributed by atoms with van der Waals surface area (Å²) in [6, 6.07) is 14.7. The second-order valence-corrected chi connectivity index (χ2v) is 8.41. The molecule has 0 saturated heterocycles. The van der Waals surface area contributed by atoms with Crippen LogP contribution in [-0.2, 0) is 16.0 Å². The molecule has 1 unspecified atom stereocenters. The highest BCUT2D eigenvalue weighted by atomic mass is 16.6. The summed E-state index contributed by atoms with van der Waals surface area (Å²) in [6.45, 7) is 5.52. The van der Waals surface area contributed by atoms with Crippen LogP contribution in [0.3, 0.4) is 0 Å². The predicted octanol–water partition coefficient (Wildman–Crippen LogP) is 4.71. The summed E-state index contributed by atoms with van der Waals surface area (Å²) < 4.78 is 16.7. The minimum atomic E-state index is -0.971. The van der Waals surface area contributed by atoms with Gasteiger partial charge in [0.05, 0.1) is 6.54 Å². The number of carboxylic acids is 1. The topological polar surface area (TPSA) is 85.3 Å². The normalized spacial score (nSPS) is 14.2. The first-order chi connectivity index (χ1) is 15.9. The first-order valence-corrected chi connectivity index (χ1v) is 11.5. The highest BCUT2D eigenvalue weighted by Crippen LogP contribution is 2.27. The maximum Gasteiger partial charge on any atom is 0.415 e. The van der Waals surface area contributed by atoms with E-state index in [0.717, 1.165) is 24.0 Å². The van der Waals surface area contributed by atoms with Crippen molar-refractivity contribution in [1.29, 1.82) is 0 Å². The molecule has 1 fully saturated rings. The SMILES string of the molecule is CCOC(Cc1ccc(OCCN(CC2CCC2)C(=O)Oc2cccc(C)c2)cc1)C(=O)O. The number of hydrogen-bond acceptors (Lipinski definition) is 5. The Labute approximate surface area is 195 Å². The molecule has 1 N–H and O–H groups in total. The Balaban J connectivity index is 1.52. The summed E-state index contributed by atoms with van der Waals surface area (Å²) >= 11 is 0. The lowest BCUT2D eigenvalue weighted by Crippen LogP contribution is -2.41. The molecule has 0 aliphatic heterocycles. The first-order valence-electron chi connectivity index (χ1n) is 11.5. The van der Waals surface area contributed by atoms with Gasteiger partial charge in [0.2, 0.25) is 0 Å². The van der Waals surface area contributed by atoms with Crippen molar-refractivity contribution in [3.05, 3.63) is 59.7 Å². The van der Waals surface area contributed by atoms with Crippen molar-refractivity contribution in [2.24, 2.45) is 5.92 Å². The Morgan fingerprint density at radius 1 is 1.12 bits per heavy atom. The zero-order valence-corrected chi connectivity index (χ0v) is 19.4. The molecule has 2 aromatic carbocycles. The largest absolute Gasteiger partial charge is 0.492 e. The van der Waals surface area contributed by atoms with Gasteiger partial charge >= 0.3 is 12.1 Å². The van der Waals surface area contributed by atoms with E-state index in [0.29, 0.717) is 50.1 Å². The third-order valence-corrected chi connectivity index (χ3v) is 5.77. The van der Waals surface area contributed by atoms with E-state index in [1.165, 1.54) is 6.42 Å². The monoisotopic (exact) mass is 455 g/mol. The van der Waals surface area contributed by atoms with E-state index in [9.17, 15) is 14.7 Å². The molecule has 0 aromatic heterocycles. The number of carbonyl (C=O) groups is 2. The van der Waals surface area contributed by atoms with Gasteiger partial charge in [0.15, 0.2) is 6.10 Å². The highest BCUT2D eigenvalue weighted by Gasteiger charge is 2.25. The van der Waals surface area contributed by atoms with Crippen molar-refractivity contribution in [3.8, 4) is 11.5 Å². The van der Waals surface area contributed by atoms with Crippen molar-refractivity contribution in [2.75, 3.05) is 26.3 Å². The van der Waals surface area contributed by atoms with E-state index in [2.05, 4.69) is 0 Å². The molecule has 1 amide bonds. The Kier molecular flexibility index (Phi) is 9.13. The number of hydrogen-bond donors (Lipinski definition) is 1. The van der Waals surface area contributed by atoms with Gasteiger partial charge in [-0.25, -0.2) is 9.59 Å². The molecular formula is C26H33NO6. The summed E-state index contributed by atoms with van der Waals surface area (Å²) in [4.78, 5) is 25.8. The fourth-order valence-electron chi connectivity index (χ4n) is 3.72.